The lowest BCUT2D eigenvalue weighted by Gasteiger charge is -2.17. The number of nitrogens with zero attached hydrogens (tertiary/aromatic N) is 2. The Morgan fingerprint density at radius 1 is 1.21 bits per heavy atom. The lowest BCUT2D eigenvalue weighted by Crippen LogP contribution is -2.20. The fourth-order valence-electron chi connectivity index (χ4n) is 2.19. The maximum Gasteiger partial charge on any atom is 0.133 e. The molecule has 0 spiro atoms. The normalized spacial score (nSPS) is 12.7. The van der Waals surface area contributed by atoms with Gasteiger partial charge in [0.15, 0.2) is 0 Å². The third-order valence-electron chi connectivity index (χ3n) is 3.38. The Morgan fingerprint density at radius 2 is 2.00 bits per heavy atom. The summed E-state index contributed by atoms with van der Waals surface area (Å²) in [5.74, 6) is 1.50. The molecule has 0 aliphatic carbocycles. The van der Waals surface area contributed by atoms with Crippen molar-refractivity contribution in [2.75, 3.05) is 6.54 Å². The predicted octanol–water partition coefficient (Wildman–Crippen LogP) is 3.15. The first-order valence-corrected chi connectivity index (χ1v) is 6.72. The molecular formula is C16H21N3. The minimum Gasteiger partial charge on any atom is -0.330 e. The van der Waals surface area contributed by atoms with E-state index in [0.29, 0.717) is 12.5 Å². The highest BCUT2D eigenvalue weighted by Gasteiger charge is 2.17. The average Bonchev–Trinajstić information content (AvgIpc) is 2.39. The largest absolute Gasteiger partial charge is 0.330 e. The van der Waals surface area contributed by atoms with Gasteiger partial charge < -0.3 is 5.73 Å². The van der Waals surface area contributed by atoms with Gasteiger partial charge in [-0.3, -0.25) is 0 Å². The second-order valence-corrected chi connectivity index (χ2v) is 5.26. The van der Waals surface area contributed by atoms with Crippen molar-refractivity contribution < 1.29 is 0 Å². The summed E-state index contributed by atoms with van der Waals surface area (Å²) < 4.78 is 0. The van der Waals surface area contributed by atoms with Crippen molar-refractivity contribution in [3.8, 4) is 11.3 Å². The van der Waals surface area contributed by atoms with E-state index in [2.05, 4.69) is 55.0 Å². The Balaban J connectivity index is 2.39. The Morgan fingerprint density at radius 3 is 2.63 bits per heavy atom. The van der Waals surface area contributed by atoms with Crippen molar-refractivity contribution in [3.63, 3.8) is 0 Å². The molecule has 2 N–H and O–H groups in total. The topological polar surface area (TPSA) is 51.8 Å². The number of hydrogen-bond donors (Lipinski definition) is 1. The molecule has 1 aromatic carbocycles. The van der Waals surface area contributed by atoms with Crippen LogP contribution in [0.2, 0.25) is 0 Å². The highest BCUT2D eigenvalue weighted by molar-refractivity contribution is 5.59. The molecule has 3 heteroatoms. The van der Waals surface area contributed by atoms with E-state index >= 15 is 0 Å². The van der Waals surface area contributed by atoms with E-state index in [9.17, 15) is 0 Å². The van der Waals surface area contributed by atoms with Crippen molar-refractivity contribution >= 4 is 0 Å². The van der Waals surface area contributed by atoms with Crippen molar-refractivity contribution in [2.24, 2.45) is 11.7 Å². The average molecular weight is 255 g/mol. The van der Waals surface area contributed by atoms with Gasteiger partial charge in [0.05, 0.1) is 5.69 Å². The molecule has 1 atom stereocenters. The van der Waals surface area contributed by atoms with E-state index in [1.54, 1.807) is 0 Å². The molecule has 0 aliphatic rings. The molecule has 1 unspecified atom stereocenters. The second-order valence-electron chi connectivity index (χ2n) is 5.26. The van der Waals surface area contributed by atoms with Crippen LogP contribution >= 0.6 is 0 Å². The van der Waals surface area contributed by atoms with Crippen LogP contribution in [0.1, 0.15) is 31.2 Å². The summed E-state index contributed by atoms with van der Waals surface area (Å²) >= 11 is 0. The zero-order chi connectivity index (χ0) is 13.8. The summed E-state index contributed by atoms with van der Waals surface area (Å²) in [5, 5.41) is 0. The molecular weight excluding hydrogens is 234 g/mol. The van der Waals surface area contributed by atoms with Crippen LogP contribution in [-0.4, -0.2) is 16.5 Å². The molecule has 0 aliphatic heterocycles. The van der Waals surface area contributed by atoms with E-state index in [-0.39, 0.29) is 5.92 Å². The van der Waals surface area contributed by atoms with Crippen LogP contribution in [0, 0.1) is 12.8 Å². The van der Waals surface area contributed by atoms with Gasteiger partial charge in [-0.2, -0.15) is 0 Å². The van der Waals surface area contributed by atoms with Crippen molar-refractivity contribution in [2.45, 2.75) is 26.7 Å². The van der Waals surface area contributed by atoms with Crippen molar-refractivity contribution in [1.82, 2.24) is 9.97 Å². The van der Waals surface area contributed by atoms with E-state index in [4.69, 9.17) is 5.73 Å². The summed E-state index contributed by atoms with van der Waals surface area (Å²) in [6.07, 6.45) is 1.82. The molecule has 0 saturated heterocycles. The van der Waals surface area contributed by atoms with Gasteiger partial charge in [0, 0.05) is 24.2 Å². The summed E-state index contributed by atoms with van der Waals surface area (Å²) in [4.78, 5) is 9.07. The molecule has 3 nitrogen and oxygen atoms in total. The second kappa shape index (κ2) is 5.93. The van der Waals surface area contributed by atoms with Crippen LogP contribution in [0.5, 0.6) is 0 Å². The zero-order valence-electron chi connectivity index (χ0n) is 11.8. The number of aromatic nitrogens is 2. The van der Waals surface area contributed by atoms with Gasteiger partial charge in [0.2, 0.25) is 0 Å². The maximum absolute atomic E-state index is 5.84. The molecule has 0 bridgehead atoms. The summed E-state index contributed by atoms with van der Waals surface area (Å²) in [6, 6.07) is 10.3. The van der Waals surface area contributed by atoms with Crippen molar-refractivity contribution in [1.29, 1.82) is 0 Å². The van der Waals surface area contributed by atoms with E-state index in [1.165, 1.54) is 5.56 Å². The van der Waals surface area contributed by atoms with Gasteiger partial charge in [-0.05, 0) is 25.0 Å². The Bertz CT molecular complexity index is 549. The fraction of sp³-hybridized carbons (Fsp3) is 0.375. The minimum atomic E-state index is 0.213. The van der Waals surface area contributed by atoms with Gasteiger partial charge in [-0.15, -0.1) is 0 Å². The molecule has 1 heterocycles. The first-order valence-electron chi connectivity index (χ1n) is 6.72. The highest BCUT2D eigenvalue weighted by Crippen LogP contribution is 2.23. The predicted molar refractivity (Wildman–Crippen MR) is 78.8 cm³/mol. The summed E-state index contributed by atoms with van der Waals surface area (Å²) in [7, 11) is 0. The zero-order valence-corrected chi connectivity index (χ0v) is 11.8. The monoisotopic (exact) mass is 255 g/mol. The fourth-order valence-corrected chi connectivity index (χ4v) is 2.19. The molecule has 0 saturated carbocycles. The van der Waals surface area contributed by atoms with Crippen LogP contribution in [0.25, 0.3) is 11.3 Å². The quantitative estimate of drug-likeness (QED) is 0.913. The molecule has 19 heavy (non-hydrogen) atoms. The van der Waals surface area contributed by atoms with Gasteiger partial charge in [-0.25, -0.2) is 9.97 Å². The molecule has 1 aromatic heterocycles. The number of hydrogen-bond acceptors (Lipinski definition) is 3. The van der Waals surface area contributed by atoms with Gasteiger partial charge >= 0.3 is 0 Å². The number of nitrogens with two attached hydrogens (primary N) is 1. The first-order chi connectivity index (χ1) is 9.11. The van der Waals surface area contributed by atoms with E-state index < -0.39 is 0 Å². The maximum atomic E-state index is 5.84. The lowest BCUT2D eigenvalue weighted by atomic mass is 9.95. The SMILES string of the molecule is Cc1cccc(-c2ccnc(C(CN)C(C)C)n2)c1. The number of rotatable bonds is 4. The van der Waals surface area contributed by atoms with Gasteiger partial charge in [0.1, 0.15) is 5.82 Å². The Labute approximate surface area is 114 Å². The smallest absolute Gasteiger partial charge is 0.133 e. The van der Waals surface area contributed by atoms with Crippen LogP contribution < -0.4 is 5.73 Å². The van der Waals surface area contributed by atoms with E-state index in [0.717, 1.165) is 17.1 Å². The molecule has 100 valence electrons. The van der Waals surface area contributed by atoms with Gasteiger partial charge in [0.25, 0.3) is 0 Å². The molecule has 0 radical (unpaired) electrons. The Hall–Kier alpha value is -1.74. The lowest BCUT2D eigenvalue weighted by molar-refractivity contribution is 0.483. The third-order valence-corrected chi connectivity index (χ3v) is 3.38. The highest BCUT2D eigenvalue weighted by atomic mass is 14.9. The third kappa shape index (κ3) is 3.18. The summed E-state index contributed by atoms with van der Waals surface area (Å²) in [6.45, 7) is 6.97. The van der Waals surface area contributed by atoms with Crippen LogP contribution in [-0.2, 0) is 0 Å². The number of benzene rings is 1. The molecule has 0 fully saturated rings. The summed E-state index contributed by atoms with van der Waals surface area (Å²) in [5.41, 5.74) is 9.17. The Kier molecular flexibility index (Phi) is 4.27. The van der Waals surface area contributed by atoms with Gasteiger partial charge in [-0.1, -0.05) is 37.6 Å². The first kappa shape index (κ1) is 13.7. The van der Waals surface area contributed by atoms with E-state index in [1.807, 2.05) is 12.3 Å². The van der Waals surface area contributed by atoms with Crippen molar-refractivity contribution in [3.05, 3.63) is 47.9 Å². The molecule has 2 aromatic rings. The van der Waals surface area contributed by atoms with Crippen LogP contribution in [0.3, 0.4) is 0 Å². The molecule has 2 rings (SSSR count). The van der Waals surface area contributed by atoms with Crippen LogP contribution in [0.15, 0.2) is 36.5 Å². The standard InChI is InChI=1S/C16H21N3/c1-11(2)14(10-17)16-18-8-7-15(19-16)13-6-4-5-12(3)9-13/h4-9,11,14H,10,17H2,1-3H3. The minimum absolute atomic E-state index is 0.213. The number of aryl methyl sites for hydroxylation is 1. The van der Waals surface area contributed by atoms with Crippen LogP contribution in [0.4, 0.5) is 0 Å². The molecule has 0 amide bonds.